The minimum absolute atomic E-state index is 0.0927. The highest BCUT2D eigenvalue weighted by Crippen LogP contribution is 2.36. The zero-order valence-electron chi connectivity index (χ0n) is 14.1. The van der Waals surface area contributed by atoms with Crippen molar-refractivity contribution in [2.24, 2.45) is 0 Å². The van der Waals surface area contributed by atoms with Crippen LogP contribution in [0, 0.1) is 0 Å². The highest BCUT2D eigenvalue weighted by molar-refractivity contribution is 6.31. The zero-order valence-corrected chi connectivity index (χ0v) is 14.8. The molecule has 2 heterocycles. The number of nitrogens with zero attached hydrogens (tertiary/aromatic N) is 3. The van der Waals surface area contributed by atoms with Gasteiger partial charge in [-0.25, -0.2) is 19.7 Å². The van der Waals surface area contributed by atoms with Gasteiger partial charge in [0.05, 0.1) is 22.0 Å². The van der Waals surface area contributed by atoms with Gasteiger partial charge in [-0.05, 0) is 30.3 Å². The Morgan fingerprint density at radius 3 is 2.61 bits per heavy atom. The van der Waals surface area contributed by atoms with E-state index in [9.17, 15) is 18.0 Å². The number of nitrogens with one attached hydrogen (secondary N) is 1. The molecule has 0 spiro atoms. The van der Waals surface area contributed by atoms with Gasteiger partial charge in [0.15, 0.2) is 0 Å². The van der Waals surface area contributed by atoms with Crippen LogP contribution in [-0.2, 0) is 17.5 Å². The van der Waals surface area contributed by atoms with Gasteiger partial charge >= 0.3 is 12.3 Å². The van der Waals surface area contributed by atoms with Crippen LogP contribution in [-0.4, -0.2) is 21.0 Å². The molecule has 0 aliphatic heterocycles. The molecular formula is C18H12ClF3N4O2. The number of amides is 1. The molecule has 144 valence electrons. The molecule has 0 aliphatic carbocycles. The normalized spacial score (nSPS) is 11.1. The van der Waals surface area contributed by atoms with Crippen LogP contribution in [0.2, 0.25) is 5.02 Å². The van der Waals surface area contributed by atoms with Gasteiger partial charge in [0, 0.05) is 23.6 Å². The summed E-state index contributed by atoms with van der Waals surface area (Å²) in [6.07, 6.45) is -0.992. The summed E-state index contributed by atoms with van der Waals surface area (Å²) >= 11 is 5.54. The fraction of sp³-hybridized carbons (Fsp3) is 0.111. The first-order valence-corrected chi connectivity index (χ1v) is 8.22. The molecule has 0 radical (unpaired) electrons. The Morgan fingerprint density at radius 1 is 1.14 bits per heavy atom. The van der Waals surface area contributed by atoms with Crippen LogP contribution < -0.4 is 5.32 Å². The van der Waals surface area contributed by atoms with Crippen molar-refractivity contribution in [2.75, 3.05) is 5.32 Å². The lowest BCUT2D eigenvalue weighted by atomic mass is 10.2. The second-order valence-electron chi connectivity index (χ2n) is 5.53. The largest absolute Gasteiger partial charge is 0.443 e. The predicted octanol–water partition coefficient (Wildman–Crippen LogP) is 4.96. The van der Waals surface area contributed by atoms with Crippen molar-refractivity contribution in [1.82, 2.24) is 15.0 Å². The summed E-state index contributed by atoms with van der Waals surface area (Å²) in [7, 11) is 0. The standard InChI is InChI=1S/C18H12ClF3N4O2/c19-15-5-4-12(6-14(15)18(20,21)22)26-17(27)28-9-13-2-1-3-16(25-13)11-7-23-10-24-8-11/h1-8,10H,9H2,(H,26,27). The first-order valence-electron chi connectivity index (χ1n) is 7.85. The molecule has 1 amide bonds. The average molecular weight is 409 g/mol. The first-order chi connectivity index (χ1) is 13.3. The molecular weight excluding hydrogens is 397 g/mol. The molecule has 28 heavy (non-hydrogen) atoms. The maximum absolute atomic E-state index is 12.9. The quantitative estimate of drug-likeness (QED) is 0.660. The summed E-state index contributed by atoms with van der Waals surface area (Å²) in [4.78, 5) is 24.0. The predicted molar refractivity (Wildman–Crippen MR) is 95.5 cm³/mol. The number of carbonyl (C=O) groups excluding carboxylic acids is 1. The van der Waals surface area contributed by atoms with E-state index < -0.39 is 22.9 Å². The van der Waals surface area contributed by atoms with Gasteiger partial charge in [-0.1, -0.05) is 17.7 Å². The molecule has 0 saturated heterocycles. The maximum atomic E-state index is 12.9. The van der Waals surface area contributed by atoms with Crippen molar-refractivity contribution in [3.8, 4) is 11.3 Å². The Hall–Kier alpha value is -3.20. The third-order valence-electron chi connectivity index (χ3n) is 3.53. The second kappa shape index (κ2) is 8.22. The number of alkyl halides is 3. The van der Waals surface area contributed by atoms with Crippen LogP contribution in [0.15, 0.2) is 55.1 Å². The van der Waals surface area contributed by atoms with E-state index in [-0.39, 0.29) is 12.3 Å². The smallest absolute Gasteiger partial charge is 0.417 e. The van der Waals surface area contributed by atoms with Gasteiger partial charge in [0.1, 0.15) is 12.9 Å². The minimum Gasteiger partial charge on any atom is -0.443 e. The summed E-state index contributed by atoms with van der Waals surface area (Å²) in [5.74, 6) is 0. The van der Waals surface area contributed by atoms with E-state index in [0.717, 1.165) is 12.1 Å². The van der Waals surface area contributed by atoms with Crippen molar-refractivity contribution >= 4 is 23.4 Å². The van der Waals surface area contributed by atoms with Gasteiger partial charge in [-0.3, -0.25) is 5.32 Å². The van der Waals surface area contributed by atoms with E-state index in [2.05, 4.69) is 20.3 Å². The van der Waals surface area contributed by atoms with Crippen molar-refractivity contribution in [3.63, 3.8) is 0 Å². The van der Waals surface area contributed by atoms with Crippen LogP contribution >= 0.6 is 11.6 Å². The lowest BCUT2D eigenvalue weighted by Gasteiger charge is -2.12. The number of hydrogen-bond acceptors (Lipinski definition) is 5. The minimum atomic E-state index is -4.63. The zero-order chi connectivity index (χ0) is 20.1. The first kappa shape index (κ1) is 19.6. The molecule has 6 nitrogen and oxygen atoms in total. The number of ether oxygens (including phenoxy) is 1. The fourth-order valence-corrected chi connectivity index (χ4v) is 2.49. The van der Waals surface area contributed by atoms with Crippen molar-refractivity contribution in [3.05, 3.63) is 71.4 Å². The number of hydrogen-bond donors (Lipinski definition) is 1. The van der Waals surface area contributed by atoms with Gasteiger partial charge in [-0.2, -0.15) is 13.2 Å². The Morgan fingerprint density at radius 2 is 1.89 bits per heavy atom. The highest BCUT2D eigenvalue weighted by Gasteiger charge is 2.33. The molecule has 3 rings (SSSR count). The maximum Gasteiger partial charge on any atom is 0.417 e. The number of aromatic nitrogens is 3. The SMILES string of the molecule is O=C(Nc1ccc(Cl)c(C(F)(F)F)c1)OCc1cccc(-c2cncnc2)n1. The van der Waals surface area contributed by atoms with E-state index >= 15 is 0 Å². The average Bonchev–Trinajstić information content (AvgIpc) is 2.68. The Labute approximate surface area is 162 Å². The van der Waals surface area contributed by atoms with Crippen LogP contribution in [0.1, 0.15) is 11.3 Å². The molecule has 0 fully saturated rings. The van der Waals surface area contributed by atoms with Crippen LogP contribution in [0.4, 0.5) is 23.7 Å². The number of benzene rings is 1. The van der Waals surface area contributed by atoms with Gasteiger partial charge < -0.3 is 4.74 Å². The molecule has 0 unspecified atom stereocenters. The summed E-state index contributed by atoms with van der Waals surface area (Å²) in [6.45, 7) is -0.174. The monoisotopic (exact) mass is 408 g/mol. The van der Waals surface area contributed by atoms with E-state index in [1.165, 1.54) is 12.4 Å². The van der Waals surface area contributed by atoms with Crippen LogP contribution in [0.25, 0.3) is 11.3 Å². The number of anilines is 1. The number of carbonyl (C=O) groups is 1. The topological polar surface area (TPSA) is 77.0 Å². The van der Waals surface area contributed by atoms with Crippen molar-refractivity contribution < 1.29 is 22.7 Å². The molecule has 0 bridgehead atoms. The Bertz CT molecular complexity index is 984. The highest BCUT2D eigenvalue weighted by atomic mass is 35.5. The lowest BCUT2D eigenvalue weighted by Crippen LogP contribution is -2.15. The second-order valence-corrected chi connectivity index (χ2v) is 5.94. The Kier molecular flexibility index (Phi) is 5.74. The number of pyridine rings is 1. The lowest BCUT2D eigenvalue weighted by molar-refractivity contribution is -0.137. The van der Waals surface area contributed by atoms with Gasteiger partial charge in [-0.15, -0.1) is 0 Å². The number of rotatable bonds is 4. The van der Waals surface area contributed by atoms with E-state index in [0.29, 0.717) is 17.0 Å². The number of halogens is 4. The summed E-state index contributed by atoms with van der Waals surface area (Å²) < 4.78 is 43.6. The van der Waals surface area contributed by atoms with Gasteiger partial charge in [0.25, 0.3) is 0 Å². The third-order valence-corrected chi connectivity index (χ3v) is 3.86. The molecule has 0 saturated carbocycles. The molecule has 1 N–H and O–H groups in total. The van der Waals surface area contributed by atoms with Crippen molar-refractivity contribution in [2.45, 2.75) is 12.8 Å². The summed E-state index contributed by atoms with van der Waals surface area (Å²) in [5, 5.41) is 1.77. The van der Waals surface area contributed by atoms with E-state index in [1.807, 2.05) is 0 Å². The summed E-state index contributed by atoms with van der Waals surface area (Å²) in [5.41, 5.74) is 0.587. The molecule has 0 aliphatic rings. The molecule has 10 heteroatoms. The van der Waals surface area contributed by atoms with Gasteiger partial charge in [0.2, 0.25) is 0 Å². The van der Waals surface area contributed by atoms with Crippen LogP contribution in [0.5, 0.6) is 0 Å². The van der Waals surface area contributed by atoms with Crippen molar-refractivity contribution in [1.29, 1.82) is 0 Å². The van der Waals surface area contributed by atoms with E-state index in [4.69, 9.17) is 16.3 Å². The third kappa shape index (κ3) is 4.95. The molecule has 3 aromatic rings. The van der Waals surface area contributed by atoms with Crippen LogP contribution in [0.3, 0.4) is 0 Å². The fourth-order valence-electron chi connectivity index (χ4n) is 2.27. The molecule has 2 aromatic heterocycles. The summed E-state index contributed by atoms with van der Waals surface area (Å²) in [6, 6.07) is 8.14. The van der Waals surface area contributed by atoms with E-state index in [1.54, 1.807) is 30.6 Å². The Balaban J connectivity index is 1.64. The molecule has 0 atom stereocenters. The molecule has 1 aromatic carbocycles.